The molecule has 0 saturated carbocycles. The predicted octanol–water partition coefficient (Wildman–Crippen LogP) is 1.02. The highest BCUT2D eigenvalue weighted by Crippen LogP contribution is 2.27. The number of amides is 1. The lowest BCUT2D eigenvalue weighted by molar-refractivity contribution is -0.385. The summed E-state index contributed by atoms with van der Waals surface area (Å²) in [5.41, 5.74) is 5.05. The summed E-state index contributed by atoms with van der Waals surface area (Å²) in [6.07, 6.45) is 2.38. The third-order valence-corrected chi connectivity index (χ3v) is 6.06. The maximum absolute atomic E-state index is 12.9. The highest BCUT2D eigenvalue weighted by atomic mass is 35.5. The number of nitrogens with zero attached hydrogens (tertiary/aromatic N) is 2. The number of hydrogen-bond acceptors (Lipinski definition) is 6. The predicted molar refractivity (Wildman–Crippen MR) is 98.6 cm³/mol. The van der Waals surface area contributed by atoms with Crippen LogP contribution in [-0.2, 0) is 14.8 Å². The van der Waals surface area contributed by atoms with Crippen LogP contribution in [0.15, 0.2) is 29.2 Å². The second kappa shape index (κ2) is 9.81. The molecule has 0 radical (unpaired) electrons. The van der Waals surface area contributed by atoms with Gasteiger partial charge in [-0.25, -0.2) is 8.42 Å². The van der Waals surface area contributed by atoms with Crippen molar-refractivity contribution in [1.82, 2.24) is 9.62 Å². The molecule has 3 N–H and O–H groups in total. The molecule has 26 heavy (non-hydrogen) atoms. The molecule has 0 spiro atoms. The van der Waals surface area contributed by atoms with E-state index in [9.17, 15) is 23.3 Å². The number of sulfonamides is 1. The van der Waals surface area contributed by atoms with Gasteiger partial charge in [-0.3, -0.25) is 14.9 Å². The number of nitrogens with two attached hydrogens (primary N) is 1. The van der Waals surface area contributed by atoms with Gasteiger partial charge in [0.25, 0.3) is 5.69 Å². The van der Waals surface area contributed by atoms with Gasteiger partial charge in [0.2, 0.25) is 15.9 Å². The van der Waals surface area contributed by atoms with Crippen molar-refractivity contribution in [3.63, 3.8) is 0 Å². The zero-order chi connectivity index (χ0) is 18.4. The molecule has 146 valence electrons. The van der Waals surface area contributed by atoms with Crippen molar-refractivity contribution in [3.05, 3.63) is 34.4 Å². The summed E-state index contributed by atoms with van der Waals surface area (Å²) in [5.74, 6) is -0.222. The largest absolute Gasteiger partial charge is 0.354 e. The van der Waals surface area contributed by atoms with Crippen molar-refractivity contribution in [2.75, 3.05) is 19.6 Å². The number of nitro groups is 1. The molecular weight excluding hydrogens is 384 g/mol. The number of nitro benzene ring substituents is 1. The van der Waals surface area contributed by atoms with Gasteiger partial charge >= 0.3 is 0 Å². The molecular formula is C15H23ClN4O5S. The summed E-state index contributed by atoms with van der Waals surface area (Å²) in [5, 5.41) is 13.6. The summed E-state index contributed by atoms with van der Waals surface area (Å²) < 4.78 is 27.2. The number of non-ortho nitro benzene ring substituents is 1. The van der Waals surface area contributed by atoms with E-state index in [1.165, 1.54) is 22.5 Å². The van der Waals surface area contributed by atoms with E-state index in [2.05, 4.69) is 5.32 Å². The third-order valence-electron chi connectivity index (χ3n) is 4.11. The van der Waals surface area contributed by atoms with Crippen molar-refractivity contribution >= 4 is 34.0 Å². The van der Waals surface area contributed by atoms with E-state index in [1.807, 2.05) is 0 Å². The normalized spacial score (nSPS) is 18.0. The molecule has 2 rings (SSSR count). The topological polar surface area (TPSA) is 136 Å². The summed E-state index contributed by atoms with van der Waals surface area (Å²) >= 11 is 0. The van der Waals surface area contributed by atoms with Crippen LogP contribution >= 0.6 is 12.4 Å². The number of rotatable bonds is 7. The van der Waals surface area contributed by atoms with Crippen molar-refractivity contribution < 1.29 is 18.1 Å². The van der Waals surface area contributed by atoms with Gasteiger partial charge < -0.3 is 11.1 Å². The number of piperidine rings is 1. The maximum Gasteiger partial charge on any atom is 0.270 e. The monoisotopic (exact) mass is 406 g/mol. The molecule has 0 bridgehead atoms. The van der Waals surface area contributed by atoms with Crippen LogP contribution in [0.3, 0.4) is 0 Å². The number of halogens is 1. The standard InChI is InChI=1S/C15H22N4O5S.ClH/c16-8-7-15(20)17-11-13-4-1-2-9-18(13)25(23,24)14-6-3-5-12(10-14)19(21)22;/h3,5-6,10,13H,1-2,4,7-9,11,16H2,(H,17,20);1H. The zero-order valence-corrected chi connectivity index (χ0v) is 15.8. The zero-order valence-electron chi connectivity index (χ0n) is 14.2. The Bertz CT molecular complexity index is 743. The molecule has 1 aromatic rings. The Morgan fingerprint density at radius 2 is 2.12 bits per heavy atom. The number of carbonyl (C=O) groups excluding carboxylic acids is 1. The van der Waals surface area contributed by atoms with Crippen LogP contribution in [0.5, 0.6) is 0 Å². The molecule has 1 amide bonds. The molecule has 1 unspecified atom stereocenters. The van der Waals surface area contributed by atoms with Crippen molar-refractivity contribution in [2.24, 2.45) is 5.73 Å². The van der Waals surface area contributed by atoms with Crippen LogP contribution in [0.1, 0.15) is 25.7 Å². The van der Waals surface area contributed by atoms with E-state index in [0.29, 0.717) is 19.4 Å². The van der Waals surface area contributed by atoms with Crippen LogP contribution in [0, 0.1) is 10.1 Å². The van der Waals surface area contributed by atoms with Crippen LogP contribution in [-0.4, -0.2) is 49.2 Å². The van der Waals surface area contributed by atoms with E-state index in [0.717, 1.165) is 12.5 Å². The average Bonchev–Trinajstić information content (AvgIpc) is 2.60. The summed E-state index contributed by atoms with van der Waals surface area (Å²) in [6.45, 7) is 0.752. The number of hydrogen-bond donors (Lipinski definition) is 2. The Labute approximate surface area is 158 Å². The molecule has 0 aliphatic carbocycles. The van der Waals surface area contributed by atoms with Crippen molar-refractivity contribution in [1.29, 1.82) is 0 Å². The third kappa shape index (κ3) is 5.37. The minimum atomic E-state index is -3.87. The number of carbonyl (C=O) groups is 1. The van der Waals surface area contributed by atoms with Crippen LogP contribution in [0.4, 0.5) is 5.69 Å². The highest BCUT2D eigenvalue weighted by Gasteiger charge is 2.34. The van der Waals surface area contributed by atoms with E-state index in [1.54, 1.807) is 0 Å². The first-order valence-corrected chi connectivity index (χ1v) is 9.53. The average molecular weight is 407 g/mol. The first-order valence-electron chi connectivity index (χ1n) is 8.09. The molecule has 1 aromatic carbocycles. The number of benzene rings is 1. The maximum atomic E-state index is 12.9. The molecule has 1 saturated heterocycles. The molecule has 1 aliphatic heterocycles. The van der Waals surface area contributed by atoms with E-state index in [4.69, 9.17) is 5.73 Å². The van der Waals surface area contributed by atoms with Crippen LogP contribution in [0.2, 0.25) is 0 Å². The first kappa shape index (κ1) is 22.3. The Hall–Kier alpha value is -1.75. The summed E-state index contributed by atoms with van der Waals surface area (Å²) in [6, 6.07) is 4.64. The van der Waals surface area contributed by atoms with Gasteiger partial charge in [0, 0.05) is 44.2 Å². The fraction of sp³-hybridized carbons (Fsp3) is 0.533. The lowest BCUT2D eigenvalue weighted by atomic mass is 10.1. The molecule has 11 heteroatoms. The first-order chi connectivity index (χ1) is 11.9. The summed E-state index contributed by atoms with van der Waals surface area (Å²) in [4.78, 5) is 21.8. The van der Waals surface area contributed by atoms with Gasteiger partial charge in [0.05, 0.1) is 9.82 Å². The van der Waals surface area contributed by atoms with E-state index >= 15 is 0 Å². The molecule has 9 nitrogen and oxygen atoms in total. The SMILES string of the molecule is Cl.NCCC(=O)NCC1CCCCN1S(=O)(=O)c1cccc([N+](=O)[O-])c1. The van der Waals surface area contributed by atoms with Gasteiger partial charge in [-0.05, 0) is 18.9 Å². The van der Waals surface area contributed by atoms with Gasteiger partial charge in [-0.2, -0.15) is 4.31 Å². The number of nitrogens with one attached hydrogen (secondary N) is 1. The van der Waals surface area contributed by atoms with Gasteiger partial charge in [0.15, 0.2) is 0 Å². The Balaban J connectivity index is 0.00000338. The highest BCUT2D eigenvalue weighted by molar-refractivity contribution is 7.89. The van der Waals surface area contributed by atoms with Crippen LogP contribution in [0.25, 0.3) is 0 Å². The Morgan fingerprint density at radius 1 is 1.38 bits per heavy atom. The fourth-order valence-electron chi connectivity index (χ4n) is 2.84. The minimum absolute atomic E-state index is 0. The molecule has 0 aromatic heterocycles. The second-order valence-electron chi connectivity index (χ2n) is 5.86. The van der Waals surface area contributed by atoms with Gasteiger partial charge in [0.1, 0.15) is 0 Å². The quantitative estimate of drug-likeness (QED) is 0.512. The molecule has 1 atom stereocenters. The molecule has 1 aliphatic rings. The minimum Gasteiger partial charge on any atom is -0.354 e. The van der Waals surface area contributed by atoms with Crippen molar-refractivity contribution in [2.45, 2.75) is 36.6 Å². The smallest absolute Gasteiger partial charge is 0.270 e. The Kier molecular flexibility index (Phi) is 8.41. The Morgan fingerprint density at radius 3 is 2.77 bits per heavy atom. The lowest BCUT2D eigenvalue weighted by Gasteiger charge is -2.34. The van der Waals surface area contributed by atoms with Gasteiger partial charge in [-0.1, -0.05) is 12.5 Å². The van der Waals surface area contributed by atoms with E-state index < -0.39 is 14.9 Å². The fourth-order valence-corrected chi connectivity index (χ4v) is 4.57. The molecule has 1 heterocycles. The van der Waals surface area contributed by atoms with Gasteiger partial charge in [-0.15, -0.1) is 12.4 Å². The second-order valence-corrected chi connectivity index (χ2v) is 7.75. The van der Waals surface area contributed by atoms with Crippen LogP contribution < -0.4 is 11.1 Å². The van der Waals surface area contributed by atoms with E-state index in [-0.39, 0.29) is 54.4 Å². The lowest BCUT2D eigenvalue weighted by Crippen LogP contribution is -2.49. The molecule has 1 fully saturated rings. The summed E-state index contributed by atoms with van der Waals surface area (Å²) in [7, 11) is -3.87. The van der Waals surface area contributed by atoms with Crippen molar-refractivity contribution in [3.8, 4) is 0 Å².